The zero-order valence-corrected chi connectivity index (χ0v) is 37.6. The van der Waals surface area contributed by atoms with E-state index < -0.39 is 83.2 Å². The average molecular weight is 830 g/mol. The zero-order chi connectivity index (χ0) is 44.0. The minimum Gasteiger partial charge on any atom is -0.459 e. The van der Waals surface area contributed by atoms with Crippen molar-refractivity contribution in [1.29, 1.82) is 0 Å². The second-order valence-corrected chi connectivity index (χ2v) is 18.4. The van der Waals surface area contributed by atoms with Crippen LogP contribution in [0.3, 0.4) is 0 Å². The van der Waals surface area contributed by atoms with Crippen molar-refractivity contribution < 1.29 is 53.1 Å². The van der Waals surface area contributed by atoms with Crippen LogP contribution in [0.1, 0.15) is 114 Å². The van der Waals surface area contributed by atoms with Crippen molar-refractivity contribution in [3.63, 3.8) is 0 Å². The Morgan fingerprint density at radius 3 is 2.32 bits per heavy atom. The summed E-state index contributed by atoms with van der Waals surface area (Å²) in [5.41, 5.74) is -1.61. The fourth-order valence-electron chi connectivity index (χ4n) is 8.91. The van der Waals surface area contributed by atoms with Crippen molar-refractivity contribution in [2.75, 3.05) is 20.3 Å². The van der Waals surface area contributed by atoms with Gasteiger partial charge in [-0.3, -0.25) is 19.3 Å². The van der Waals surface area contributed by atoms with Crippen LogP contribution in [0, 0.1) is 23.7 Å². The Morgan fingerprint density at radius 2 is 1.71 bits per heavy atom. The first-order chi connectivity index (χ1) is 27.5. The second-order valence-electron chi connectivity index (χ2n) is 18.4. The molecule has 3 aliphatic heterocycles. The number of cyclic esters (lactones) is 1. The summed E-state index contributed by atoms with van der Waals surface area (Å²) in [7, 11) is 1.96. The summed E-state index contributed by atoms with van der Waals surface area (Å²) in [6.45, 7) is 21.7. The van der Waals surface area contributed by atoms with Gasteiger partial charge in [0.1, 0.15) is 30.3 Å². The van der Waals surface area contributed by atoms with E-state index in [1.54, 1.807) is 20.8 Å². The molecule has 14 heteroatoms. The number of fused-ring (bicyclic) bond motifs is 5. The molecule has 13 atom stereocenters. The summed E-state index contributed by atoms with van der Waals surface area (Å²) in [5, 5.41) is 28.9. The molecule has 1 aromatic carbocycles. The molecule has 2 N–H and O–H groups in total. The van der Waals surface area contributed by atoms with Crippen LogP contribution < -0.4 is 0 Å². The molecule has 0 saturated carbocycles. The van der Waals surface area contributed by atoms with E-state index in [0.717, 1.165) is 5.56 Å². The van der Waals surface area contributed by atoms with Gasteiger partial charge in [-0.1, -0.05) is 63.2 Å². The number of carbonyl (C=O) groups is 3. The van der Waals surface area contributed by atoms with E-state index in [1.807, 2.05) is 65.1 Å². The molecule has 2 bridgehead atoms. The third-order valence-corrected chi connectivity index (χ3v) is 12.5. The van der Waals surface area contributed by atoms with Crippen LogP contribution >= 0.6 is 0 Å². The van der Waals surface area contributed by atoms with Crippen LogP contribution in [0.25, 0.3) is 0 Å². The van der Waals surface area contributed by atoms with E-state index >= 15 is 0 Å². The van der Waals surface area contributed by atoms with Gasteiger partial charge in [0.2, 0.25) is 5.91 Å². The lowest BCUT2D eigenvalue weighted by molar-refractivity contribution is -0.299. The number of likely N-dealkylation sites (N-methyl/N-ethyl adjacent to an activating group) is 1. The van der Waals surface area contributed by atoms with Crippen LogP contribution in [0.4, 0.5) is 0 Å². The van der Waals surface area contributed by atoms with Gasteiger partial charge in [0.05, 0.1) is 42.8 Å². The SMILES string of the molecule is CC[C@H]1OC(=O)[C@H](C)C(=O)[C@H](C)[C@@H](O[C@@H]2O[C@H](C)C[C@H](N(C)C(C)(C)C)[C@H]2O)[C@@]2(C)C[C@@H](C)C(=NC(C)=O)[C@H](C)[C@@H](OCC/C(=N\OCc3ccccc3)CO2)[C@]1(C)O. The largest absolute Gasteiger partial charge is 0.459 e. The fraction of sp³-hybridized carbons (Fsp3) is 0.756. The Balaban J connectivity index is 1.94. The van der Waals surface area contributed by atoms with Gasteiger partial charge in [-0.25, -0.2) is 4.99 Å². The minimum atomic E-state index is -1.79. The van der Waals surface area contributed by atoms with Crippen molar-refractivity contribution in [2.45, 2.75) is 175 Å². The predicted molar refractivity (Wildman–Crippen MR) is 224 cm³/mol. The van der Waals surface area contributed by atoms with E-state index in [2.05, 4.69) is 35.8 Å². The number of hydrogen-bond acceptors (Lipinski definition) is 13. The lowest BCUT2D eigenvalue weighted by Gasteiger charge is -2.50. The third-order valence-electron chi connectivity index (χ3n) is 12.5. The molecule has 1 aromatic rings. The van der Waals surface area contributed by atoms with Gasteiger partial charge in [0.25, 0.3) is 0 Å². The molecule has 14 nitrogen and oxygen atoms in total. The number of aliphatic hydroxyl groups excluding tert-OH is 1. The zero-order valence-electron chi connectivity index (χ0n) is 37.6. The molecule has 4 rings (SSSR count). The number of ether oxygens (including phenoxy) is 5. The molecule has 3 saturated heterocycles. The monoisotopic (exact) mass is 830 g/mol. The molecule has 3 aliphatic rings. The molecular formula is C45H71N3O11. The van der Waals surface area contributed by atoms with Crippen molar-refractivity contribution in [3.05, 3.63) is 35.9 Å². The molecule has 0 aliphatic carbocycles. The van der Waals surface area contributed by atoms with Crippen molar-refractivity contribution in [3.8, 4) is 0 Å². The highest BCUT2D eigenvalue weighted by Gasteiger charge is 2.53. The molecular weight excluding hydrogens is 759 g/mol. The molecule has 0 spiro atoms. The number of Topliss-reactive ketones (excluding diaryl/α,β-unsaturated/α-hetero) is 1. The maximum Gasteiger partial charge on any atom is 0.316 e. The highest BCUT2D eigenvalue weighted by atomic mass is 16.7. The summed E-state index contributed by atoms with van der Waals surface area (Å²) in [6, 6.07) is 9.27. The van der Waals surface area contributed by atoms with Crippen LogP contribution in [-0.2, 0) is 49.5 Å². The van der Waals surface area contributed by atoms with Gasteiger partial charge in [0.15, 0.2) is 12.1 Å². The number of benzene rings is 1. The number of carbonyl (C=O) groups excluding carboxylic acids is 3. The molecule has 0 radical (unpaired) electrons. The van der Waals surface area contributed by atoms with Crippen LogP contribution in [0.2, 0.25) is 0 Å². The Kier molecular flexibility index (Phi) is 16.6. The second kappa shape index (κ2) is 20.2. The van der Waals surface area contributed by atoms with Gasteiger partial charge in [-0.2, -0.15) is 0 Å². The van der Waals surface area contributed by atoms with Crippen molar-refractivity contribution in [1.82, 2.24) is 4.90 Å². The third kappa shape index (κ3) is 11.8. The van der Waals surface area contributed by atoms with Gasteiger partial charge in [0, 0.05) is 42.5 Å². The topological polar surface area (TPSA) is 175 Å². The molecule has 1 amide bonds. The Hall–Kier alpha value is -3.11. The lowest BCUT2D eigenvalue weighted by atomic mass is 9.73. The number of nitrogens with zero attached hydrogens (tertiary/aromatic N) is 3. The highest BCUT2D eigenvalue weighted by Crippen LogP contribution is 2.40. The molecule has 3 heterocycles. The van der Waals surface area contributed by atoms with E-state index in [1.165, 1.54) is 13.8 Å². The maximum atomic E-state index is 14.6. The Morgan fingerprint density at radius 1 is 1.05 bits per heavy atom. The number of ketones is 1. The predicted octanol–water partition coefficient (Wildman–Crippen LogP) is 5.68. The lowest BCUT2D eigenvalue weighted by Crippen LogP contribution is -2.62. The van der Waals surface area contributed by atoms with Crippen LogP contribution in [-0.4, -0.2) is 124 Å². The summed E-state index contributed by atoms with van der Waals surface area (Å²) in [4.78, 5) is 53.9. The summed E-state index contributed by atoms with van der Waals surface area (Å²) < 4.78 is 32.7. The molecule has 3 fully saturated rings. The number of oxime groups is 1. The molecule has 332 valence electrons. The quantitative estimate of drug-likeness (QED) is 0.196. The van der Waals surface area contributed by atoms with Gasteiger partial charge < -0.3 is 38.7 Å². The summed E-state index contributed by atoms with van der Waals surface area (Å²) >= 11 is 0. The molecule has 0 unspecified atom stereocenters. The first-order valence-corrected chi connectivity index (χ1v) is 21.3. The van der Waals surface area contributed by atoms with Gasteiger partial charge >= 0.3 is 5.97 Å². The number of aliphatic imine (C=N–C) groups is 1. The van der Waals surface area contributed by atoms with E-state index in [9.17, 15) is 24.6 Å². The first-order valence-electron chi connectivity index (χ1n) is 21.3. The van der Waals surface area contributed by atoms with E-state index in [0.29, 0.717) is 17.8 Å². The standard InChI is InChI=1S/C45H71N3O11/c1-14-35-45(12,53)40-28(4)36(46-31(7)49)26(2)23-44(11,55-25-33(20-21-54-40)47-56-24-32-18-16-15-17-19-32)39(29(5)37(50)30(6)41(52)58-35)59-42-38(51)34(22-27(3)57-42)48(13)43(8,9)10/h15-19,26-30,34-35,38-40,42,51,53H,14,20-25H2,1-13H3/b46-36?,47-33+/t26-,27-,28+,29+,30-,34+,35-,38-,39-,40-,42+,44-,45-/m1/s1. The number of amides is 1. The van der Waals surface area contributed by atoms with Crippen LogP contribution in [0.15, 0.2) is 40.5 Å². The maximum absolute atomic E-state index is 14.6. The number of aliphatic hydroxyl groups is 2. The molecule has 59 heavy (non-hydrogen) atoms. The minimum absolute atomic E-state index is 0.0543. The number of hydrogen-bond donors (Lipinski definition) is 2. The summed E-state index contributed by atoms with van der Waals surface area (Å²) in [6.07, 6.45) is -4.75. The number of rotatable bonds is 7. The van der Waals surface area contributed by atoms with E-state index in [-0.39, 0.29) is 56.8 Å². The van der Waals surface area contributed by atoms with Crippen LogP contribution in [0.5, 0.6) is 0 Å². The van der Waals surface area contributed by atoms with Crippen molar-refractivity contribution in [2.24, 2.45) is 33.8 Å². The van der Waals surface area contributed by atoms with Gasteiger partial charge in [-0.15, -0.1) is 0 Å². The highest BCUT2D eigenvalue weighted by molar-refractivity contribution is 6.00. The Labute approximate surface area is 351 Å². The first kappa shape index (κ1) is 48.6. The fourth-order valence-corrected chi connectivity index (χ4v) is 8.91. The van der Waals surface area contributed by atoms with E-state index in [4.69, 9.17) is 28.5 Å². The van der Waals surface area contributed by atoms with Gasteiger partial charge in [-0.05, 0) is 86.3 Å². The smallest absolute Gasteiger partial charge is 0.316 e. The normalized spacial score (nSPS) is 38.5. The number of esters is 1. The summed E-state index contributed by atoms with van der Waals surface area (Å²) in [5.74, 6) is -5.20. The molecule has 0 aromatic heterocycles. The van der Waals surface area contributed by atoms with Crippen molar-refractivity contribution >= 4 is 29.1 Å². The average Bonchev–Trinajstić information content (AvgIpc) is 3.17. The Bertz CT molecular complexity index is 1640.